The molecular weight excluding hydrogens is 272 g/mol. The number of benzene rings is 2. The summed E-state index contributed by atoms with van der Waals surface area (Å²) >= 11 is 0. The van der Waals surface area contributed by atoms with Crippen LogP contribution in [0, 0.1) is 0 Å². The van der Waals surface area contributed by atoms with E-state index < -0.39 is 0 Å². The number of Topliss-reactive ketones (excluding diaryl/α,β-unsaturated/α-hetero) is 2. The molecule has 0 bridgehead atoms. The molecule has 0 radical (unpaired) electrons. The van der Waals surface area contributed by atoms with Gasteiger partial charge in [-0.1, -0.05) is 61.5 Å². The molecule has 0 atom stereocenters. The summed E-state index contributed by atoms with van der Waals surface area (Å²) < 4.78 is 0. The van der Waals surface area contributed by atoms with Crippen LogP contribution in [0.3, 0.4) is 0 Å². The minimum atomic E-state index is 0.0842. The Morgan fingerprint density at radius 2 is 1.59 bits per heavy atom. The van der Waals surface area contributed by atoms with E-state index in [2.05, 4.69) is 0 Å². The molecule has 0 saturated carbocycles. The van der Waals surface area contributed by atoms with E-state index in [1.165, 1.54) is 0 Å². The molecule has 0 aliphatic carbocycles. The Labute approximate surface area is 131 Å². The van der Waals surface area contributed by atoms with Crippen LogP contribution in [0.2, 0.25) is 0 Å². The van der Waals surface area contributed by atoms with Gasteiger partial charge < -0.3 is 0 Å². The van der Waals surface area contributed by atoms with Gasteiger partial charge in [-0.05, 0) is 29.7 Å². The van der Waals surface area contributed by atoms with E-state index in [-0.39, 0.29) is 11.6 Å². The first-order valence-corrected chi connectivity index (χ1v) is 7.49. The molecule has 0 fully saturated rings. The Hall–Kier alpha value is -2.48. The normalized spacial score (nSPS) is 11.3. The predicted molar refractivity (Wildman–Crippen MR) is 89.9 cm³/mol. The van der Waals surface area contributed by atoms with Crippen molar-refractivity contribution in [2.45, 2.75) is 26.7 Å². The zero-order valence-corrected chi connectivity index (χ0v) is 13.0. The second-order valence-corrected chi connectivity index (χ2v) is 5.27. The van der Waals surface area contributed by atoms with Crippen LogP contribution >= 0.6 is 0 Å². The first kappa shape index (κ1) is 15.9. The van der Waals surface area contributed by atoms with Crippen LogP contribution in [-0.2, 0) is 11.2 Å². The molecule has 0 aliphatic heterocycles. The summed E-state index contributed by atoms with van der Waals surface area (Å²) in [5.74, 6) is 0.213. The summed E-state index contributed by atoms with van der Waals surface area (Å²) in [5.41, 5.74) is 3.32. The molecule has 2 rings (SSSR count). The lowest BCUT2D eigenvalue weighted by atomic mass is 9.97. The zero-order chi connectivity index (χ0) is 15.9. The zero-order valence-electron chi connectivity index (χ0n) is 13.0. The van der Waals surface area contributed by atoms with Crippen LogP contribution in [0.1, 0.15) is 41.8 Å². The molecule has 112 valence electrons. The SMILES string of the molecule is CCC(=O)/C(C)=C/c1ccccc1CC(=O)c1ccccc1. The Kier molecular flexibility index (Phi) is 5.42. The lowest BCUT2D eigenvalue weighted by Crippen LogP contribution is -2.05. The average Bonchev–Trinajstić information content (AvgIpc) is 2.56. The van der Waals surface area contributed by atoms with Crippen LogP contribution < -0.4 is 0 Å². The Bertz CT molecular complexity index is 697. The van der Waals surface area contributed by atoms with E-state index in [9.17, 15) is 9.59 Å². The van der Waals surface area contributed by atoms with Crippen LogP contribution in [-0.4, -0.2) is 11.6 Å². The standard InChI is InChI=1S/C20H20O2/c1-3-19(21)15(2)13-17-11-7-8-12-18(17)14-20(22)16-9-5-4-6-10-16/h4-13H,3,14H2,1-2H3/b15-13+. The lowest BCUT2D eigenvalue weighted by molar-refractivity contribution is -0.115. The second kappa shape index (κ2) is 7.51. The van der Waals surface area contributed by atoms with Gasteiger partial charge in [0.15, 0.2) is 11.6 Å². The fraction of sp³-hybridized carbons (Fsp3) is 0.200. The van der Waals surface area contributed by atoms with Crippen molar-refractivity contribution in [1.82, 2.24) is 0 Å². The van der Waals surface area contributed by atoms with Gasteiger partial charge in [-0.15, -0.1) is 0 Å². The third-order valence-corrected chi connectivity index (χ3v) is 3.63. The average molecular weight is 292 g/mol. The van der Waals surface area contributed by atoms with Gasteiger partial charge in [-0.3, -0.25) is 9.59 Å². The number of hydrogen-bond donors (Lipinski definition) is 0. The molecule has 0 spiro atoms. The molecule has 2 aromatic carbocycles. The molecule has 0 amide bonds. The summed E-state index contributed by atoms with van der Waals surface area (Å²) in [5, 5.41) is 0. The Morgan fingerprint density at radius 3 is 2.27 bits per heavy atom. The number of hydrogen-bond acceptors (Lipinski definition) is 2. The number of ketones is 2. The highest BCUT2D eigenvalue weighted by molar-refractivity contribution is 6.00. The summed E-state index contributed by atoms with van der Waals surface area (Å²) in [6, 6.07) is 17.0. The minimum absolute atomic E-state index is 0.0842. The van der Waals surface area contributed by atoms with Crippen molar-refractivity contribution in [2.24, 2.45) is 0 Å². The summed E-state index contributed by atoms with van der Waals surface area (Å²) in [6.07, 6.45) is 2.71. The largest absolute Gasteiger partial charge is 0.295 e. The molecule has 2 aromatic rings. The van der Waals surface area contributed by atoms with Crippen LogP contribution in [0.15, 0.2) is 60.2 Å². The highest BCUT2D eigenvalue weighted by Crippen LogP contribution is 2.17. The highest BCUT2D eigenvalue weighted by atomic mass is 16.1. The summed E-state index contributed by atoms with van der Waals surface area (Å²) in [4.78, 5) is 24.1. The van der Waals surface area contributed by atoms with Crippen LogP contribution in [0.4, 0.5) is 0 Å². The van der Waals surface area contributed by atoms with Crippen LogP contribution in [0.5, 0.6) is 0 Å². The lowest BCUT2D eigenvalue weighted by Gasteiger charge is -2.07. The van der Waals surface area contributed by atoms with E-state index in [0.29, 0.717) is 18.4 Å². The molecule has 22 heavy (non-hydrogen) atoms. The highest BCUT2D eigenvalue weighted by Gasteiger charge is 2.10. The summed E-state index contributed by atoms with van der Waals surface area (Å²) in [6.45, 7) is 3.67. The van der Waals surface area contributed by atoms with Gasteiger partial charge in [-0.25, -0.2) is 0 Å². The van der Waals surface area contributed by atoms with Gasteiger partial charge in [0.2, 0.25) is 0 Å². The fourth-order valence-electron chi connectivity index (χ4n) is 2.33. The van der Waals surface area contributed by atoms with E-state index in [1.54, 1.807) is 0 Å². The van der Waals surface area contributed by atoms with Gasteiger partial charge in [0.25, 0.3) is 0 Å². The van der Waals surface area contributed by atoms with Gasteiger partial charge in [0, 0.05) is 18.4 Å². The number of rotatable bonds is 6. The molecule has 0 aliphatic rings. The fourth-order valence-corrected chi connectivity index (χ4v) is 2.33. The van der Waals surface area contributed by atoms with Crippen molar-refractivity contribution in [1.29, 1.82) is 0 Å². The topological polar surface area (TPSA) is 34.1 Å². The van der Waals surface area contributed by atoms with Crippen LogP contribution in [0.25, 0.3) is 6.08 Å². The van der Waals surface area contributed by atoms with E-state index in [1.807, 2.05) is 74.5 Å². The maximum Gasteiger partial charge on any atom is 0.167 e. The third-order valence-electron chi connectivity index (χ3n) is 3.63. The monoisotopic (exact) mass is 292 g/mol. The molecular formula is C20H20O2. The molecule has 0 N–H and O–H groups in total. The molecule has 0 unspecified atom stereocenters. The minimum Gasteiger partial charge on any atom is -0.295 e. The Morgan fingerprint density at radius 1 is 0.955 bits per heavy atom. The third kappa shape index (κ3) is 4.01. The number of carbonyl (C=O) groups is 2. The molecule has 0 aromatic heterocycles. The Balaban J connectivity index is 2.26. The van der Waals surface area contributed by atoms with Gasteiger partial charge in [0.1, 0.15) is 0 Å². The van der Waals surface area contributed by atoms with Gasteiger partial charge in [-0.2, -0.15) is 0 Å². The van der Waals surface area contributed by atoms with Crippen molar-refractivity contribution in [3.8, 4) is 0 Å². The van der Waals surface area contributed by atoms with Gasteiger partial charge >= 0.3 is 0 Å². The van der Waals surface area contributed by atoms with Crippen molar-refractivity contribution >= 4 is 17.6 Å². The van der Waals surface area contributed by atoms with E-state index in [0.717, 1.165) is 16.7 Å². The first-order valence-electron chi connectivity index (χ1n) is 7.49. The number of carbonyl (C=O) groups excluding carboxylic acids is 2. The smallest absolute Gasteiger partial charge is 0.167 e. The van der Waals surface area contributed by atoms with Crippen molar-refractivity contribution in [2.75, 3.05) is 0 Å². The van der Waals surface area contributed by atoms with E-state index in [4.69, 9.17) is 0 Å². The molecule has 2 nitrogen and oxygen atoms in total. The molecule has 0 saturated heterocycles. The van der Waals surface area contributed by atoms with E-state index >= 15 is 0 Å². The first-order chi connectivity index (χ1) is 10.6. The summed E-state index contributed by atoms with van der Waals surface area (Å²) in [7, 11) is 0. The maximum atomic E-state index is 12.4. The van der Waals surface area contributed by atoms with Crippen molar-refractivity contribution in [3.63, 3.8) is 0 Å². The quantitative estimate of drug-likeness (QED) is 0.580. The molecule has 2 heteroatoms. The van der Waals surface area contributed by atoms with Crippen molar-refractivity contribution in [3.05, 3.63) is 76.9 Å². The second-order valence-electron chi connectivity index (χ2n) is 5.27. The maximum absolute atomic E-state index is 12.4. The van der Waals surface area contributed by atoms with Crippen molar-refractivity contribution < 1.29 is 9.59 Å². The van der Waals surface area contributed by atoms with Gasteiger partial charge in [0.05, 0.1) is 0 Å². The molecule has 0 heterocycles. The number of allylic oxidation sites excluding steroid dienone is 1. The predicted octanol–water partition coefficient (Wildman–Crippen LogP) is 4.49.